The molecule has 5 heteroatoms. The molecule has 1 saturated heterocycles. The number of aliphatic hydroxyl groups is 1. The lowest BCUT2D eigenvalue weighted by Crippen LogP contribution is -2.20. The molecule has 94 valence electrons. The second-order valence-electron chi connectivity index (χ2n) is 4.11. The standard InChI is InChI=1S/C12H13F3OS/c13-8-5-4-7(10(14)11(8)15)12(16)9-3-1-2-6-17-9/h4-5,9,12,16H,1-3,6H2. The van der Waals surface area contributed by atoms with E-state index in [4.69, 9.17) is 0 Å². The Balaban J connectivity index is 2.24. The number of halogens is 3. The lowest BCUT2D eigenvalue weighted by molar-refractivity contribution is 0.162. The van der Waals surface area contributed by atoms with E-state index in [2.05, 4.69) is 0 Å². The van der Waals surface area contributed by atoms with Crippen LogP contribution in [0.4, 0.5) is 13.2 Å². The van der Waals surface area contributed by atoms with E-state index < -0.39 is 23.6 Å². The third-order valence-electron chi connectivity index (χ3n) is 2.95. The van der Waals surface area contributed by atoms with E-state index in [1.165, 1.54) is 0 Å². The molecule has 1 fully saturated rings. The first-order chi connectivity index (χ1) is 8.11. The molecule has 2 unspecified atom stereocenters. The van der Waals surface area contributed by atoms with Crippen LogP contribution in [0.3, 0.4) is 0 Å². The van der Waals surface area contributed by atoms with Gasteiger partial charge in [-0.3, -0.25) is 0 Å². The Hall–Kier alpha value is -0.680. The zero-order valence-corrected chi connectivity index (χ0v) is 9.94. The summed E-state index contributed by atoms with van der Waals surface area (Å²) < 4.78 is 39.3. The highest BCUT2D eigenvalue weighted by atomic mass is 32.2. The van der Waals surface area contributed by atoms with Crippen LogP contribution in [-0.4, -0.2) is 16.1 Å². The van der Waals surface area contributed by atoms with E-state index in [-0.39, 0.29) is 10.8 Å². The molecular formula is C12H13F3OS. The fourth-order valence-electron chi connectivity index (χ4n) is 1.98. The first-order valence-corrected chi connectivity index (χ1v) is 6.59. The van der Waals surface area contributed by atoms with E-state index in [1.54, 1.807) is 11.8 Å². The largest absolute Gasteiger partial charge is 0.387 e. The minimum absolute atomic E-state index is 0.136. The van der Waals surface area contributed by atoms with Crippen molar-refractivity contribution >= 4 is 11.8 Å². The van der Waals surface area contributed by atoms with Crippen molar-refractivity contribution in [2.24, 2.45) is 0 Å². The van der Waals surface area contributed by atoms with Gasteiger partial charge in [-0.05, 0) is 24.7 Å². The number of rotatable bonds is 2. The van der Waals surface area contributed by atoms with Gasteiger partial charge in [-0.1, -0.05) is 12.5 Å². The predicted octanol–water partition coefficient (Wildman–Crippen LogP) is 3.42. The van der Waals surface area contributed by atoms with Gasteiger partial charge in [-0.2, -0.15) is 11.8 Å². The van der Waals surface area contributed by atoms with Crippen molar-refractivity contribution in [1.29, 1.82) is 0 Å². The second kappa shape index (κ2) is 5.31. The quantitative estimate of drug-likeness (QED) is 0.824. The molecule has 0 spiro atoms. The molecule has 1 aliphatic heterocycles. The fourth-order valence-corrected chi connectivity index (χ4v) is 3.32. The van der Waals surface area contributed by atoms with Crippen molar-refractivity contribution in [3.63, 3.8) is 0 Å². The summed E-state index contributed by atoms with van der Waals surface area (Å²) in [5, 5.41) is 9.86. The Morgan fingerprint density at radius 1 is 1.18 bits per heavy atom. The van der Waals surface area contributed by atoms with Crippen molar-refractivity contribution in [2.75, 3.05) is 5.75 Å². The first-order valence-electron chi connectivity index (χ1n) is 5.54. The van der Waals surface area contributed by atoms with E-state index >= 15 is 0 Å². The molecule has 1 N–H and O–H groups in total. The number of benzene rings is 1. The zero-order chi connectivity index (χ0) is 12.4. The Morgan fingerprint density at radius 2 is 1.94 bits per heavy atom. The van der Waals surface area contributed by atoms with Gasteiger partial charge in [0.25, 0.3) is 0 Å². The Labute approximate surface area is 102 Å². The average Bonchev–Trinajstić information content (AvgIpc) is 2.36. The number of thioether (sulfide) groups is 1. The maximum Gasteiger partial charge on any atom is 0.194 e. The van der Waals surface area contributed by atoms with Crippen molar-refractivity contribution in [3.8, 4) is 0 Å². The van der Waals surface area contributed by atoms with Crippen molar-refractivity contribution in [3.05, 3.63) is 35.1 Å². The number of aliphatic hydroxyl groups excluding tert-OH is 1. The summed E-state index contributed by atoms with van der Waals surface area (Å²) in [4.78, 5) is 0. The summed E-state index contributed by atoms with van der Waals surface area (Å²) in [7, 11) is 0. The van der Waals surface area contributed by atoms with Crippen LogP contribution in [-0.2, 0) is 0 Å². The highest BCUT2D eigenvalue weighted by molar-refractivity contribution is 7.99. The fraction of sp³-hybridized carbons (Fsp3) is 0.500. The van der Waals surface area contributed by atoms with Gasteiger partial charge >= 0.3 is 0 Å². The van der Waals surface area contributed by atoms with Crippen LogP contribution in [0.5, 0.6) is 0 Å². The first kappa shape index (κ1) is 12.8. The molecule has 1 nitrogen and oxygen atoms in total. The van der Waals surface area contributed by atoms with Gasteiger partial charge in [0, 0.05) is 10.8 Å². The van der Waals surface area contributed by atoms with Crippen LogP contribution < -0.4 is 0 Å². The maximum atomic E-state index is 13.5. The normalized spacial score (nSPS) is 22.5. The van der Waals surface area contributed by atoms with Gasteiger partial charge in [-0.25, -0.2) is 13.2 Å². The zero-order valence-electron chi connectivity index (χ0n) is 9.13. The number of hydrogen-bond acceptors (Lipinski definition) is 2. The SMILES string of the molecule is OC(c1ccc(F)c(F)c1F)C1CCCCS1. The highest BCUT2D eigenvalue weighted by Gasteiger charge is 2.27. The van der Waals surface area contributed by atoms with Crippen molar-refractivity contribution < 1.29 is 18.3 Å². The maximum absolute atomic E-state index is 13.5. The Kier molecular flexibility index (Phi) is 3.99. The molecule has 1 aromatic carbocycles. The summed E-state index contributed by atoms with van der Waals surface area (Å²) >= 11 is 1.55. The van der Waals surface area contributed by atoms with Gasteiger partial charge < -0.3 is 5.11 Å². The molecule has 0 amide bonds. The molecule has 1 heterocycles. The van der Waals surface area contributed by atoms with E-state index in [9.17, 15) is 18.3 Å². The molecule has 0 aliphatic carbocycles. The predicted molar refractivity (Wildman–Crippen MR) is 61.4 cm³/mol. The molecule has 0 saturated carbocycles. The monoisotopic (exact) mass is 262 g/mol. The molecule has 17 heavy (non-hydrogen) atoms. The molecule has 1 aromatic rings. The summed E-state index contributed by atoms with van der Waals surface area (Å²) in [5.41, 5.74) is -0.150. The van der Waals surface area contributed by atoms with Crippen LogP contribution in [0.25, 0.3) is 0 Å². The molecular weight excluding hydrogens is 249 g/mol. The van der Waals surface area contributed by atoms with Gasteiger partial charge in [0.2, 0.25) is 0 Å². The minimum atomic E-state index is -1.51. The molecule has 1 aliphatic rings. The van der Waals surface area contributed by atoms with Gasteiger partial charge in [0.1, 0.15) is 0 Å². The van der Waals surface area contributed by atoms with Crippen LogP contribution in [0.15, 0.2) is 12.1 Å². The van der Waals surface area contributed by atoms with E-state index in [0.29, 0.717) is 0 Å². The minimum Gasteiger partial charge on any atom is -0.387 e. The van der Waals surface area contributed by atoms with Crippen molar-refractivity contribution in [2.45, 2.75) is 30.6 Å². The van der Waals surface area contributed by atoms with Crippen molar-refractivity contribution in [1.82, 2.24) is 0 Å². The lowest BCUT2D eigenvalue weighted by Gasteiger charge is -2.26. The summed E-state index contributed by atoms with van der Waals surface area (Å²) in [6.45, 7) is 0. The second-order valence-corrected chi connectivity index (χ2v) is 5.46. The van der Waals surface area contributed by atoms with Crippen LogP contribution in [0.1, 0.15) is 30.9 Å². The Morgan fingerprint density at radius 3 is 2.59 bits per heavy atom. The van der Waals surface area contributed by atoms with Crippen LogP contribution in [0.2, 0.25) is 0 Å². The van der Waals surface area contributed by atoms with E-state index in [1.807, 2.05) is 0 Å². The highest BCUT2D eigenvalue weighted by Crippen LogP contribution is 2.36. The lowest BCUT2D eigenvalue weighted by atomic mass is 10.0. The van der Waals surface area contributed by atoms with Gasteiger partial charge in [0.05, 0.1) is 6.10 Å². The molecule has 0 bridgehead atoms. The summed E-state index contributed by atoms with van der Waals surface area (Å²) in [6.07, 6.45) is 1.74. The third-order valence-corrected chi connectivity index (χ3v) is 4.40. The third kappa shape index (κ3) is 2.60. The van der Waals surface area contributed by atoms with Crippen LogP contribution >= 0.6 is 11.8 Å². The molecule has 2 atom stereocenters. The topological polar surface area (TPSA) is 20.2 Å². The summed E-state index contributed by atoms with van der Waals surface area (Å²) in [5.74, 6) is -3.10. The Bertz CT molecular complexity index is 405. The van der Waals surface area contributed by atoms with Crippen LogP contribution in [0, 0.1) is 17.5 Å². The molecule has 0 radical (unpaired) electrons. The van der Waals surface area contributed by atoms with Gasteiger partial charge in [-0.15, -0.1) is 0 Å². The smallest absolute Gasteiger partial charge is 0.194 e. The number of hydrogen-bond donors (Lipinski definition) is 1. The summed E-state index contributed by atoms with van der Waals surface area (Å²) in [6, 6.07) is 1.97. The average molecular weight is 262 g/mol. The van der Waals surface area contributed by atoms with E-state index in [0.717, 1.165) is 37.1 Å². The molecule has 2 rings (SSSR count). The molecule has 0 aromatic heterocycles. The van der Waals surface area contributed by atoms with Gasteiger partial charge in [0.15, 0.2) is 17.5 Å².